The van der Waals surface area contributed by atoms with E-state index in [-0.39, 0.29) is 28.4 Å². The molecule has 0 radical (unpaired) electrons. The number of aromatic nitrogens is 1. The first-order valence-corrected chi connectivity index (χ1v) is 6.90. The summed E-state index contributed by atoms with van der Waals surface area (Å²) in [5.74, 6) is 0.114. The third kappa shape index (κ3) is 2.75. The zero-order valence-electron chi connectivity index (χ0n) is 11.4. The summed E-state index contributed by atoms with van der Waals surface area (Å²) < 4.78 is 0. The molecule has 0 aliphatic carbocycles. The molecule has 1 aromatic rings. The molecular formula is C13H16ClN3O3. The highest BCUT2D eigenvalue weighted by Gasteiger charge is 2.31. The number of likely N-dealkylation sites (tertiary alicyclic amines) is 1. The molecule has 1 aliphatic heterocycles. The van der Waals surface area contributed by atoms with Crippen LogP contribution in [0.2, 0.25) is 5.15 Å². The Bertz CT molecular complexity index is 550. The molecule has 0 aromatic carbocycles. The smallest absolute Gasteiger partial charge is 0.288 e. The van der Waals surface area contributed by atoms with Gasteiger partial charge in [0.05, 0.1) is 10.5 Å². The fourth-order valence-electron chi connectivity index (χ4n) is 2.46. The maximum atomic E-state index is 12.5. The molecule has 2 atom stereocenters. The monoisotopic (exact) mass is 297 g/mol. The van der Waals surface area contributed by atoms with E-state index < -0.39 is 4.92 Å². The zero-order chi connectivity index (χ0) is 14.9. The maximum Gasteiger partial charge on any atom is 0.288 e. The number of carbonyl (C=O) groups excluding carboxylic acids is 1. The SMILES string of the molecule is CC1CCCN(C(=O)c2cc([N+](=O)[O-])cnc2Cl)C1C. The van der Waals surface area contributed by atoms with Gasteiger partial charge in [-0.15, -0.1) is 0 Å². The minimum Gasteiger partial charge on any atom is -0.336 e. The second kappa shape index (κ2) is 5.75. The van der Waals surface area contributed by atoms with Gasteiger partial charge in [-0.3, -0.25) is 14.9 Å². The lowest BCUT2D eigenvalue weighted by atomic mass is 9.91. The predicted octanol–water partition coefficient (Wildman–Crippen LogP) is 2.90. The second-order valence-corrected chi connectivity index (χ2v) is 5.51. The van der Waals surface area contributed by atoms with Crippen molar-refractivity contribution >= 4 is 23.2 Å². The highest BCUT2D eigenvalue weighted by atomic mass is 35.5. The molecule has 6 nitrogen and oxygen atoms in total. The first kappa shape index (κ1) is 14.7. The summed E-state index contributed by atoms with van der Waals surface area (Å²) >= 11 is 5.92. The molecule has 0 N–H and O–H groups in total. The number of rotatable bonds is 2. The van der Waals surface area contributed by atoms with Gasteiger partial charge in [0.25, 0.3) is 11.6 Å². The van der Waals surface area contributed by atoms with Crippen molar-refractivity contribution in [2.24, 2.45) is 5.92 Å². The van der Waals surface area contributed by atoms with Crippen molar-refractivity contribution in [1.82, 2.24) is 9.88 Å². The summed E-state index contributed by atoms with van der Waals surface area (Å²) in [4.78, 5) is 28.2. The van der Waals surface area contributed by atoms with Crippen LogP contribution in [0.4, 0.5) is 5.69 Å². The highest BCUT2D eigenvalue weighted by molar-refractivity contribution is 6.32. The first-order chi connectivity index (χ1) is 9.41. The molecular weight excluding hydrogens is 282 g/mol. The third-order valence-electron chi connectivity index (χ3n) is 3.90. The van der Waals surface area contributed by atoms with E-state index in [0.717, 1.165) is 19.0 Å². The van der Waals surface area contributed by atoms with Crippen molar-refractivity contribution in [3.8, 4) is 0 Å². The van der Waals surface area contributed by atoms with Crippen LogP contribution >= 0.6 is 11.6 Å². The van der Waals surface area contributed by atoms with Gasteiger partial charge in [0, 0.05) is 18.7 Å². The van der Waals surface area contributed by atoms with Crippen LogP contribution in [0, 0.1) is 16.0 Å². The lowest BCUT2D eigenvalue weighted by Gasteiger charge is -2.38. The Hall–Kier alpha value is -1.69. The molecule has 0 bridgehead atoms. The predicted molar refractivity (Wildman–Crippen MR) is 74.8 cm³/mol. The van der Waals surface area contributed by atoms with E-state index in [2.05, 4.69) is 11.9 Å². The van der Waals surface area contributed by atoms with Crippen LogP contribution in [0.5, 0.6) is 0 Å². The van der Waals surface area contributed by atoms with Crippen molar-refractivity contribution < 1.29 is 9.72 Å². The normalized spacial score (nSPS) is 22.6. The van der Waals surface area contributed by atoms with Crippen molar-refractivity contribution in [2.75, 3.05) is 6.54 Å². The van der Waals surface area contributed by atoms with Gasteiger partial charge in [0.2, 0.25) is 0 Å². The van der Waals surface area contributed by atoms with E-state index in [9.17, 15) is 14.9 Å². The van der Waals surface area contributed by atoms with E-state index in [0.29, 0.717) is 12.5 Å². The number of hydrogen-bond acceptors (Lipinski definition) is 4. The molecule has 20 heavy (non-hydrogen) atoms. The van der Waals surface area contributed by atoms with Crippen LogP contribution in [0.3, 0.4) is 0 Å². The number of halogens is 1. The number of pyridine rings is 1. The van der Waals surface area contributed by atoms with Crippen LogP contribution < -0.4 is 0 Å². The summed E-state index contributed by atoms with van der Waals surface area (Å²) in [7, 11) is 0. The van der Waals surface area contributed by atoms with Gasteiger partial charge >= 0.3 is 0 Å². The number of amides is 1. The van der Waals surface area contributed by atoms with Crippen LogP contribution in [0.1, 0.15) is 37.0 Å². The van der Waals surface area contributed by atoms with Crippen molar-refractivity contribution in [1.29, 1.82) is 0 Å². The molecule has 2 rings (SSSR count). The van der Waals surface area contributed by atoms with Gasteiger partial charge in [0.15, 0.2) is 0 Å². The van der Waals surface area contributed by atoms with Gasteiger partial charge in [-0.2, -0.15) is 0 Å². The number of hydrogen-bond donors (Lipinski definition) is 0. The summed E-state index contributed by atoms with van der Waals surface area (Å²) in [5, 5.41) is 10.8. The minimum absolute atomic E-state index is 0.00558. The van der Waals surface area contributed by atoms with Gasteiger partial charge in [-0.05, 0) is 25.7 Å². The van der Waals surface area contributed by atoms with Crippen LogP contribution in [0.25, 0.3) is 0 Å². The van der Waals surface area contributed by atoms with Crippen molar-refractivity contribution in [2.45, 2.75) is 32.7 Å². The Morgan fingerprint density at radius 3 is 2.90 bits per heavy atom. The molecule has 1 aliphatic rings. The highest BCUT2D eigenvalue weighted by Crippen LogP contribution is 2.27. The molecule has 2 heterocycles. The Balaban J connectivity index is 2.33. The van der Waals surface area contributed by atoms with Crippen LogP contribution in [0.15, 0.2) is 12.3 Å². The molecule has 2 unspecified atom stereocenters. The molecule has 1 saturated heterocycles. The second-order valence-electron chi connectivity index (χ2n) is 5.15. The summed E-state index contributed by atoms with van der Waals surface area (Å²) in [5.41, 5.74) is -0.128. The lowest BCUT2D eigenvalue weighted by molar-refractivity contribution is -0.385. The van der Waals surface area contributed by atoms with E-state index in [1.54, 1.807) is 4.90 Å². The average molecular weight is 298 g/mol. The molecule has 7 heteroatoms. The van der Waals surface area contributed by atoms with Gasteiger partial charge in [-0.25, -0.2) is 4.98 Å². The Morgan fingerprint density at radius 2 is 2.25 bits per heavy atom. The molecule has 0 spiro atoms. The largest absolute Gasteiger partial charge is 0.336 e. The maximum absolute atomic E-state index is 12.5. The Morgan fingerprint density at radius 1 is 1.55 bits per heavy atom. The zero-order valence-corrected chi connectivity index (χ0v) is 12.1. The Kier molecular flexibility index (Phi) is 4.23. The number of nitrogens with zero attached hydrogens (tertiary/aromatic N) is 3. The summed E-state index contributed by atoms with van der Waals surface area (Å²) in [6.07, 6.45) is 3.06. The molecule has 0 saturated carbocycles. The lowest BCUT2D eigenvalue weighted by Crippen LogP contribution is -2.46. The third-order valence-corrected chi connectivity index (χ3v) is 4.20. The number of piperidine rings is 1. The minimum atomic E-state index is -0.581. The summed E-state index contributed by atoms with van der Waals surface area (Å²) in [6, 6.07) is 1.29. The number of nitro groups is 1. The van der Waals surface area contributed by atoms with Crippen LogP contribution in [-0.4, -0.2) is 33.3 Å². The van der Waals surface area contributed by atoms with E-state index in [1.807, 2.05) is 6.92 Å². The summed E-state index contributed by atoms with van der Waals surface area (Å²) in [6.45, 7) is 4.72. The Labute approximate surface area is 121 Å². The van der Waals surface area contributed by atoms with Gasteiger partial charge in [0.1, 0.15) is 11.3 Å². The fourth-order valence-corrected chi connectivity index (χ4v) is 2.65. The van der Waals surface area contributed by atoms with Crippen LogP contribution in [-0.2, 0) is 0 Å². The van der Waals surface area contributed by atoms with Crippen molar-refractivity contribution in [3.63, 3.8) is 0 Å². The molecule has 108 valence electrons. The molecule has 1 fully saturated rings. The average Bonchev–Trinajstić information content (AvgIpc) is 2.41. The van der Waals surface area contributed by atoms with Gasteiger partial charge in [-0.1, -0.05) is 18.5 Å². The molecule has 1 amide bonds. The van der Waals surface area contributed by atoms with Gasteiger partial charge < -0.3 is 4.90 Å². The first-order valence-electron chi connectivity index (χ1n) is 6.52. The number of carbonyl (C=O) groups is 1. The topological polar surface area (TPSA) is 76.3 Å². The quantitative estimate of drug-likeness (QED) is 0.478. The van der Waals surface area contributed by atoms with E-state index in [1.165, 1.54) is 6.07 Å². The van der Waals surface area contributed by atoms with E-state index in [4.69, 9.17) is 11.6 Å². The standard InChI is InChI=1S/C13H16ClN3O3/c1-8-4-3-5-16(9(8)2)13(18)11-6-10(17(19)20)7-15-12(11)14/h6-9H,3-5H2,1-2H3. The van der Waals surface area contributed by atoms with E-state index >= 15 is 0 Å². The molecule has 1 aromatic heterocycles. The fraction of sp³-hybridized carbons (Fsp3) is 0.538. The van der Waals surface area contributed by atoms with Crippen molar-refractivity contribution in [3.05, 3.63) is 33.1 Å².